The van der Waals surface area contributed by atoms with Crippen LogP contribution in [0.15, 0.2) is 0 Å². The molecule has 0 fully saturated rings. The summed E-state index contributed by atoms with van der Waals surface area (Å²) in [6.45, 7) is 13.3. The van der Waals surface area contributed by atoms with E-state index in [1.165, 1.54) is 13.8 Å². The Bertz CT molecular complexity index is 487. The second kappa shape index (κ2) is 7.97. The lowest BCUT2D eigenvalue weighted by Gasteiger charge is -2.30. The van der Waals surface area contributed by atoms with Crippen molar-refractivity contribution in [3.63, 3.8) is 0 Å². The van der Waals surface area contributed by atoms with Crippen LogP contribution >= 0.6 is 0 Å². The van der Waals surface area contributed by atoms with Crippen LogP contribution in [-0.2, 0) is 19.6 Å². The number of esters is 1. The summed E-state index contributed by atoms with van der Waals surface area (Å²) in [6, 6.07) is 0. The van der Waals surface area contributed by atoms with Crippen LogP contribution < -0.4 is 0 Å². The Morgan fingerprint density at radius 2 is 1.43 bits per heavy atom. The van der Waals surface area contributed by atoms with E-state index in [4.69, 9.17) is 4.74 Å². The third-order valence-electron chi connectivity index (χ3n) is 5.17. The number of carbonyl (C=O) groups excluding carboxylic acids is 1. The molecule has 138 valence electrons. The van der Waals surface area contributed by atoms with Gasteiger partial charge in [0.25, 0.3) is 10.1 Å². The Labute approximate surface area is 141 Å². The molecule has 6 heteroatoms. The maximum atomic E-state index is 12.1. The first-order valence-electron chi connectivity index (χ1n) is 8.35. The first-order chi connectivity index (χ1) is 10.2. The average Bonchev–Trinajstić information content (AvgIpc) is 2.43. The highest BCUT2D eigenvalue weighted by Crippen LogP contribution is 2.33. The van der Waals surface area contributed by atoms with E-state index < -0.39 is 20.3 Å². The molecule has 0 unspecified atom stereocenters. The summed E-state index contributed by atoms with van der Waals surface area (Å²) in [5.41, 5.74) is -0.603. The molecule has 0 aromatic carbocycles. The van der Waals surface area contributed by atoms with Crippen molar-refractivity contribution in [1.82, 2.24) is 0 Å². The fraction of sp³-hybridized carbons (Fsp3) is 0.941. The van der Waals surface area contributed by atoms with Gasteiger partial charge in [-0.05, 0) is 58.3 Å². The highest BCUT2D eigenvalue weighted by Gasteiger charge is 2.35. The van der Waals surface area contributed by atoms with Gasteiger partial charge in [-0.1, -0.05) is 27.7 Å². The fourth-order valence-corrected chi connectivity index (χ4v) is 2.39. The zero-order valence-corrected chi connectivity index (χ0v) is 16.5. The molecule has 5 nitrogen and oxygen atoms in total. The third kappa shape index (κ3) is 6.79. The molecule has 0 aliphatic heterocycles. The zero-order valence-electron chi connectivity index (χ0n) is 15.7. The van der Waals surface area contributed by atoms with Crippen molar-refractivity contribution in [2.45, 2.75) is 85.3 Å². The molecule has 0 saturated carbocycles. The Morgan fingerprint density at radius 3 is 1.83 bits per heavy atom. The molecule has 0 radical (unpaired) electrons. The van der Waals surface area contributed by atoms with Crippen LogP contribution in [0.4, 0.5) is 0 Å². The van der Waals surface area contributed by atoms with E-state index in [0.29, 0.717) is 25.9 Å². The Morgan fingerprint density at radius 1 is 0.957 bits per heavy atom. The number of hydrogen-bond acceptors (Lipinski definition) is 4. The van der Waals surface area contributed by atoms with Crippen LogP contribution in [0.5, 0.6) is 0 Å². The van der Waals surface area contributed by atoms with Crippen LogP contribution in [0.2, 0.25) is 0 Å². The minimum Gasteiger partial charge on any atom is -0.465 e. The van der Waals surface area contributed by atoms with Crippen LogP contribution in [-0.4, -0.2) is 30.3 Å². The number of carbonyl (C=O) groups is 1. The Hall–Kier alpha value is -0.620. The van der Waals surface area contributed by atoms with E-state index in [1.807, 2.05) is 34.6 Å². The summed E-state index contributed by atoms with van der Waals surface area (Å²) in [4.78, 5) is 12.1. The maximum Gasteiger partial charge on any atom is 0.311 e. The van der Waals surface area contributed by atoms with Crippen molar-refractivity contribution in [3.05, 3.63) is 0 Å². The van der Waals surface area contributed by atoms with Crippen molar-refractivity contribution in [2.75, 3.05) is 6.61 Å². The smallest absolute Gasteiger partial charge is 0.311 e. The molecule has 0 aromatic heterocycles. The van der Waals surface area contributed by atoms with Gasteiger partial charge in [0.1, 0.15) is 0 Å². The summed E-state index contributed by atoms with van der Waals surface area (Å²) in [5.74, 6) is -0.170. The lowest BCUT2D eigenvalue weighted by atomic mass is 9.82. The lowest BCUT2D eigenvalue weighted by Crippen LogP contribution is -2.33. The summed E-state index contributed by atoms with van der Waals surface area (Å²) in [6.07, 6.45) is 3.12. The molecule has 23 heavy (non-hydrogen) atoms. The second-order valence-electron chi connectivity index (χ2n) is 8.05. The van der Waals surface area contributed by atoms with Gasteiger partial charge in [0, 0.05) is 0 Å². The van der Waals surface area contributed by atoms with Gasteiger partial charge >= 0.3 is 5.97 Å². The van der Waals surface area contributed by atoms with E-state index in [1.54, 1.807) is 0 Å². The van der Waals surface area contributed by atoms with Crippen LogP contribution in [0.25, 0.3) is 0 Å². The van der Waals surface area contributed by atoms with Gasteiger partial charge in [0.2, 0.25) is 0 Å². The van der Waals surface area contributed by atoms with Crippen LogP contribution in [0.1, 0.15) is 80.6 Å². The first-order valence-corrected chi connectivity index (χ1v) is 9.79. The molecule has 0 heterocycles. The molecule has 0 aliphatic carbocycles. The summed E-state index contributed by atoms with van der Waals surface area (Å²) in [5, 5.41) is 0. The SMILES string of the molecule is CCC(C)(CC)C(=O)OCCC(C)(C)CCC(C)(C)S(=O)(=O)O. The van der Waals surface area contributed by atoms with Crippen LogP contribution in [0.3, 0.4) is 0 Å². The molecule has 1 N–H and O–H groups in total. The molecule has 0 aliphatic rings. The van der Waals surface area contributed by atoms with E-state index in [0.717, 1.165) is 12.8 Å². The summed E-state index contributed by atoms with van der Waals surface area (Å²) in [7, 11) is -4.07. The maximum absolute atomic E-state index is 12.1. The summed E-state index contributed by atoms with van der Waals surface area (Å²) < 4.78 is 36.2. The van der Waals surface area contributed by atoms with Crippen molar-refractivity contribution >= 4 is 16.1 Å². The monoisotopic (exact) mass is 350 g/mol. The standard InChI is InChI=1S/C17H34O5S/c1-8-17(7,9-2)14(18)22-13-12-15(3,4)10-11-16(5,6)23(19,20)21/h8-13H2,1-7H3,(H,19,20,21). The quantitative estimate of drug-likeness (QED) is 0.471. The molecule has 0 aromatic rings. The number of rotatable bonds is 10. The minimum atomic E-state index is -4.07. The average molecular weight is 351 g/mol. The number of hydrogen-bond donors (Lipinski definition) is 1. The topological polar surface area (TPSA) is 80.7 Å². The van der Waals surface area contributed by atoms with E-state index in [2.05, 4.69) is 0 Å². The molecule has 0 spiro atoms. The molecule has 0 bridgehead atoms. The van der Waals surface area contributed by atoms with Gasteiger partial charge < -0.3 is 4.74 Å². The minimum absolute atomic E-state index is 0.170. The van der Waals surface area contributed by atoms with E-state index >= 15 is 0 Å². The lowest BCUT2D eigenvalue weighted by molar-refractivity contribution is -0.156. The van der Waals surface area contributed by atoms with Gasteiger partial charge in [0.15, 0.2) is 0 Å². The highest BCUT2D eigenvalue weighted by atomic mass is 32.2. The van der Waals surface area contributed by atoms with Gasteiger partial charge in [-0.2, -0.15) is 8.42 Å². The van der Waals surface area contributed by atoms with E-state index in [9.17, 15) is 17.8 Å². The van der Waals surface area contributed by atoms with Gasteiger partial charge in [0.05, 0.1) is 16.8 Å². The molecule has 0 saturated heterocycles. The van der Waals surface area contributed by atoms with Gasteiger partial charge in [-0.3, -0.25) is 9.35 Å². The Kier molecular flexibility index (Phi) is 7.75. The number of ether oxygens (including phenoxy) is 1. The van der Waals surface area contributed by atoms with Crippen molar-refractivity contribution in [2.24, 2.45) is 10.8 Å². The van der Waals surface area contributed by atoms with Crippen molar-refractivity contribution in [1.29, 1.82) is 0 Å². The van der Waals surface area contributed by atoms with Gasteiger partial charge in [-0.15, -0.1) is 0 Å². The molecule has 0 rings (SSSR count). The molecule has 0 amide bonds. The molecule has 0 atom stereocenters. The second-order valence-corrected chi connectivity index (χ2v) is 10.1. The van der Waals surface area contributed by atoms with E-state index in [-0.39, 0.29) is 11.4 Å². The van der Waals surface area contributed by atoms with Crippen molar-refractivity contribution < 1.29 is 22.5 Å². The normalized spacial score (nSPS) is 13.9. The van der Waals surface area contributed by atoms with Gasteiger partial charge in [-0.25, -0.2) is 0 Å². The predicted octanol–water partition coefficient (Wildman–Crippen LogP) is 4.22. The predicted molar refractivity (Wildman–Crippen MR) is 92.9 cm³/mol. The Balaban J connectivity index is 4.48. The summed E-state index contributed by atoms with van der Waals surface area (Å²) >= 11 is 0. The van der Waals surface area contributed by atoms with Crippen LogP contribution in [0, 0.1) is 10.8 Å². The van der Waals surface area contributed by atoms with Crippen molar-refractivity contribution in [3.8, 4) is 0 Å². The largest absolute Gasteiger partial charge is 0.465 e. The molecular formula is C17H34O5S. The highest BCUT2D eigenvalue weighted by molar-refractivity contribution is 7.87. The third-order valence-corrected chi connectivity index (χ3v) is 6.77. The molecular weight excluding hydrogens is 316 g/mol. The first kappa shape index (κ1) is 22.4. The zero-order chi connectivity index (χ0) is 18.5. The fourth-order valence-electron chi connectivity index (χ4n) is 2.03.